The summed E-state index contributed by atoms with van der Waals surface area (Å²) in [6.07, 6.45) is 0. The Hall–Kier alpha value is -0.189. The number of fused-ring (bicyclic) bond motifs is 3. The fourth-order valence-corrected chi connectivity index (χ4v) is 7.72. The van der Waals surface area contributed by atoms with Gasteiger partial charge in [0.05, 0.1) is 0 Å². The maximum atomic E-state index is 6.54. The number of nitrogens with two attached hydrogens (primary N) is 1. The van der Waals surface area contributed by atoms with Crippen molar-refractivity contribution in [2.24, 2.45) is 5.40 Å². The second-order valence-electron chi connectivity index (χ2n) is 5.90. The third kappa shape index (κ3) is 3.13. The molecule has 0 fully saturated rings. The van der Waals surface area contributed by atoms with Gasteiger partial charge in [0, 0.05) is 20.5 Å². The van der Waals surface area contributed by atoms with Crippen LogP contribution >= 0.6 is 11.3 Å². The van der Waals surface area contributed by atoms with E-state index in [0.717, 1.165) is 0 Å². The molecule has 1 atom stereocenters. The van der Waals surface area contributed by atoms with Crippen molar-refractivity contribution in [2.75, 3.05) is 0 Å². The van der Waals surface area contributed by atoms with Gasteiger partial charge in [-0.05, 0) is 31.1 Å². The van der Waals surface area contributed by atoms with E-state index in [1.807, 2.05) is 11.3 Å². The smallest absolute Gasteiger partial charge is 0.358 e. The minimum absolute atomic E-state index is 0. The Morgan fingerprint density at radius 3 is 2.24 bits per heavy atom. The molecule has 0 radical (unpaired) electrons. The van der Waals surface area contributed by atoms with Crippen molar-refractivity contribution in [3.8, 4) is 0 Å². The van der Waals surface area contributed by atoms with E-state index in [1.165, 1.54) is 31.7 Å². The van der Waals surface area contributed by atoms with Crippen LogP contribution in [0.4, 0.5) is 0 Å². The zero-order chi connectivity index (χ0) is 13.1. The first-order valence-corrected chi connectivity index (χ1v) is 10.4. The van der Waals surface area contributed by atoms with E-state index in [9.17, 15) is 0 Å². The maximum absolute atomic E-state index is 6.54. The van der Waals surface area contributed by atoms with Gasteiger partial charge in [0.1, 0.15) is 8.24 Å². The molecule has 0 amide bonds. The largest absolute Gasteiger partial charge is 2.00 e. The molecule has 2 N–H and O–H groups in total. The zero-order valence-electron chi connectivity index (χ0n) is 13.9. The first-order valence-electron chi connectivity index (χ1n) is 6.39. The standard InChI is InChI=1S/C15H19NSSi.2CH3.Ti/c1-9-10(2)15(18(3,4)16)14-13(9)11-7-5-6-8-12(11)17-14;;;/h5-8,15H,16H2,1-4H3;2*1H3;/q;2*-1;+2. The Labute approximate surface area is 149 Å². The van der Waals surface area contributed by atoms with Crippen LogP contribution in [-0.4, -0.2) is 8.24 Å². The summed E-state index contributed by atoms with van der Waals surface area (Å²) in [4.78, 5) is 1.52. The van der Waals surface area contributed by atoms with E-state index in [0.29, 0.717) is 5.54 Å². The van der Waals surface area contributed by atoms with E-state index >= 15 is 0 Å². The predicted molar refractivity (Wildman–Crippen MR) is 97.3 cm³/mol. The summed E-state index contributed by atoms with van der Waals surface area (Å²) in [5.74, 6) is 0. The van der Waals surface area contributed by atoms with Gasteiger partial charge in [0.2, 0.25) is 0 Å². The molecule has 1 aliphatic rings. The Morgan fingerprint density at radius 2 is 1.67 bits per heavy atom. The minimum atomic E-state index is -1.69. The van der Waals surface area contributed by atoms with Crippen LogP contribution in [0, 0.1) is 14.9 Å². The van der Waals surface area contributed by atoms with Crippen molar-refractivity contribution in [1.82, 2.24) is 0 Å². The second kappa shape index (κ2) is 6.93. The molecular weight excluding hydrogens is 326 g/mol. The molecule has 112 valence electrons. The monoisotopic (exact) mass is 351 g/mol. The number of allylic oxidation sites excluding steroid dienone is 2. The fourth-order valence-electron chi connectivity index (χ4n) is 3.16. The van der Waals surface area contributed by atoms with Crippen LogP contribution in [0.15, 0.2) is 29.8 Å². The molecule has 21 heavy (non-hydrogen) atoms. The van der Waals surface area contributed by atoms with Crippen LogP contribution in [0.3, 0.4) is 0 Å². The molecule has 4 heteroatoms. The molecule has 0 aliphatic heterocycles. The van der Waals surface area contributed by atoms with Gasteiger partial charge in [-0.2, -0.15) is 0 Å². The number of hydrogen-bond donors (Lipinski definition) is 1. The van der Waals surface area contributed by atoms with Crippen LogP contribution < -0.4 is 5.40 Å². The Kier molecular flexibility index (Phi) is 6.87. The SMILES string of the molecule is CC1=C(C)C([Si](C)(C)N)c2sc3ccccc3c21.[CH3-].[CH3-].[Ti+2]. The summed E-state index contributed by atoms with van der Waals surface area (Å²) < 4.78 is 1.40. The van der Waals surface area contributed by atoms with Crippen molar-refractivity contribution >= 4 is 35.2 Å². The van der Waals surface area contributed by atoms with Crippen LogP contribution in [0.5, 0.6) is 0 Å². The molecule has 1 heterocycles. The van der Waals surface area contributed by atoms with Gasteiger partial charge in [-0.1, -0.05) is 36.9 Å². The molecule has 2 aromatic rings. The quantitative estimate of drug-likeness (QED) is 0.541. The Balaban J connectivity index is 0.00000133. The van der Waals surface area contributed by atoms with E-state index in [-0.39, 0.29) is 36.6 Å². The molecule has 1 aliphatic carbocycles. The van der Waals surface area contributed by atoms with Gasteiger partial charge in [-0.3, -0.25) is 0 Å². The molecule has 0 spiro atoms. The third-order valence-electron chi connectivity index (χ3n) is 4.03. The summed E-state index contributed by atoms with van der Waals surface area (Å²) in [6.45, 7) is 9.07. The average Bonchev–Trinajstić information content (AvgIpc) is 2.74. The number of benzene rings is 1. The number of hydrogen-bond acceptors (Lipinski definition) is 2. The topological polar surface area (TPSA) is 26.0 Å². The van der Waals surface area contributed by atoms with Gasteiger partial charge < -0.3 is 20.3 Å². The first kappa shape index (κ1) is 20.8. The van der Waals surface area contributed by atoms with Crippen LogP contribution in [0.1, 0.15) is 29.8 Å². The molecule has 3 rings (SSSR count). The molecular formula is C17H25NSSiTi. The number of rotatable bonds is 1. The fraction of sp³-hybridized carbons (Fsp3) is 0.294. The third-order valence-corrected chi connectivity index (χ3v) is 7.68. The van der Waals surface area contributed by atoms with E-state index < -0.39 is 8.24 Å². The summed E-state index contributed by atoms with van der Waals surface area (Å²) in [7, 11) is -1.69. The van der Waals surface area contributed by atoms with Gasteiger partial charge in [0.15, 0.2) is 0 Å². The summed E-state index contributed by atoms with van der Waals surface area (Å²) in [5.41, 5.74) is 4.94. The van der Waals surface area contributed by atoms with Crippen molar-refractivity contribution in [3.05, 3.63) is 55.1 Å². The van der Waals surface area contributed by atoms with Crippen molar-refractivity contribution in [1.29, 1.82) is 0 Å². The summed E-state index contributed by atoms with van der Waals surface area (Å²) in [6, 6.07) is 8.73. The van der Waals surface area contributed by atoms with Gasteiger partial charge in [-0.15, -0.1) is 11.3 Å². The van der Waals surface area contributed by atoms with Gasteiger partial charge >= 0.3 is 21.7 Å². The Morgan fingerprint density at radius 1 is 1.10 bits per heavy atom. The molecule has 1 aromatic heterocycles. The molecule has 0 bridgehead atoms. The molecule has 0 saturated carbocycles. The average molecular weight is 351 g/mol. The minimum Gasteiger partial charge on any atom is -0.358 e. The normalized spacial score (nSPS) is 16.9. The van der Waals surface area contributed by atoms with Gasteiger partial charge in [0.25, 0.3) is 0 Å². The van der Waals surface area contributed by atoms with Crippen molar-refractivity contribution < 1.29 is 21.7 Å². The molecule has 1 unspecified atom stereocenters. The maximum Gasteiger partial charge on any atom is 2.00 e. The van der Waals surface area contributed by atoms with Crippen molar-refractivity contribution in [2.45, 2.75) is 32.5 Å². The summed E-state index contributed by atoms with van der Waals surface area (Å²) >= 11 is 1.94. The van der Waals surface area contributed by atoms with E-state index in [1.54, 1.807) is 0 Å². The first-order chi connectivity index (χ1) is 8.41. The molecule has 0 saturated heterocycles. The molecule has 1 nitrogen and oxygen atoms in total. The predicted octanol–water partition coefficient (Wildman–Crippen LogP) is 5.39. The molecule has 1 aromatic carbocycles. The van der Waals surface area contributed by atoms with Crippen LogP contribution in [0.2, 0.25) is 13.1 Å². The van der Waals surface area contributed by atoms with Crippen molar-refractivity contribution in [3.63, 3.8) is 0 Å². The van der Waals surface area contributed by atoms with Crippen LogP contribution in [0.25, 0.3) is 15.7 Å². The van der Waals surface area contributed by atoms with E-state index in [4.69, 9.17) is 5.40 Å². The Bertz CT molecular complexity index is 667. The van der Waals surface area contributed by atoms with Gasteiger partial charge in [-0.25, -0.2) is 0 Å². The number of thiophene rings is 1. The van der Waals surface area contributed by atoms with Crippen LogP contribution in [-0.2, 0) is 21.7 Å². The second-order valence-corrected chi connectivity index (χ2v) is 11.2. The zero-order valence-corrected chi connectivity index (χ0v) is 17.3. The summed E-state index contributed by atoms with van der Waals surface area (Å²) in [5, 5.41) is 7.95. The van der Waals surface area contributed by atoms with E-state index in [2.05, 4.69) is 51.2 Å².